The number of para-hydroxylation sites is 1. The molecule has 1 fully saturated rings. The number of amides is 1. The minimum Gasteiger partial charge on any atom is -0.481 e. The zero-order chi connectivity index (χ0) is 18.0. The third-order valence-corrected chi connectivity index (χ3v) is 4.87. The van der Waals surface area contributed by atoms with Crippen LogP contribution in [0.3, 0.4) is 0 Å². The smallest absolute Gasteiger partial charge is 0.303 e. The topological polar surface area (TPSA) is 75.4 Å². The fourth-order valence-corrected chi connectivity index (χ4v) is 3.52. The molecule has 1 aliphatic rings. The Morgan fingerprint density at radius 1 is 1.16 bits per heavy atom. The second kappa shape index (κ2) is 7.09. The molecule has 0 saturated carbocycles. The Labute approximate surface area is 147 Å². The van der Waals surface area contributed by atoms with Crippen LogP contribution < -0.4 is 0 Å². The van der Waals surface area contributed by atoms with Gasteiger partial charge in [-0.15, -0.1) is 0 Å². The Kier molecular flexibility index (Phi) is 4.88. The van der Waals surface area contributed by atoms with Crippen molar-refractivity contribution in [2.75, 3.05) is 13.1 Å². The number of benzene rings is 1. The molecule has 6 nitrogen and oxygen atoms in total. The predicted molar refractivity (Wildman–Crippen MR) is 93.9 cm³/mol. The second-order valence-electron chi connectivity index (χ2n) is 6.63. The summed E-state index contributed by atoms with van der Waals surface area (Å²) < 4.78 is 1.81. The van der Waals surface area contributed by atoms with E-state index in [-0.39, 0.29) is 18.2 Å². The lowest BCUT2D eigenvalue weighted by Crippen LogP contribution is -2.39. The first-order valence-corrected chi connectivity index (χ1v) is 8.60. The van der Waals surface area contributed by atoms with Crippen LogP contribution in [0.5, 0.6) is 0 Å². The van der Waals surface area contributed by atoms with Crippen LogP contribution in [0.1, 0.15) is 41.0 Å². The first-order chi connectivity index (χ1) is 12.0. The van der Waals surface area contributed by atoms with E-state index in [9.17, 15) is 9.59 Å². The molecule has 0 atom stereocenters. The summed E-state index contributed by atoms with van der Waals surface area (Å²) >= 11 is 0. The Morgan fingerprint density at radius 3 is 2.40 bits per heavy atom. The van der Waals surface area contributed by atoms with Gasteiger partial charge in [-0.05, 0) is 44.7 Å². The summed E-state index contributed by atoms with van der Waals surface area (Å²) in [4.78, 5) is 25.6. The van der Waals surface area contributed by atoms with Gasteiger partial charge in [0.15, 0.2) is 0 Å². The highest BCUT2D eigenvalue weighted by Crippen LogP contribution is 2.24. The van der Waals surface area contributed by atoms with Gasteiger partial charge in [0.1, 0.15) is 0 Å². The van der Waals surface area contributed by atoms with Gasteiger partial charge in [-0.2, -0.15) is 5.10 Å². The number of carboxylic acids is 1. The number of aromatic nitrogens is 2. The van der Waals surface area contributed by atoms with Gasteiger partial charge >= 0.3 is 5.97 Å². The highest BCUT2D eigenvalue weighted by Gasteiger charge is 2.28. The van der Waals surface area contributed by atoms with E-state index in [4.69, 9.17) is 5.11 Å². The number of carboxylic acid groups (broad SMARTS) is 1. The minimum atomic E-state index is -0.763. The van der Waals surface area contributed by atoms with Gasteiger partial charge in [0.25, 0.3) is 5.91 Å². The summed E-state index contributed by atoms with van der Waals surface area (Å²) in [7, 11) is 0. The minimum absolute atomic E-state index is 0.00837. The van der Waals surface area contributed by atoms with Crippen molar-refractivity contribution in [3.63, 3.8) is 0 Å². The van der Waals surface area contributed by atoms with Crippen molar-refractivity contribution < 1.29 is 14.7 Å². The summed E-state index contributed by atoms with van der Waals surface area (Å²) in [6.07, 6.45) is 1.66. The van der Waals surface area contributed by atoms with Crippen molar-refractivity contribution >= 4 is 11.9 Å². The number of hydrogen-bond donors (Lipinski definition) is 1. The Morgan fingerprint density at radius 2 is 1.80 bits per heavy atom. The monoisotopic (exact) mass is 341 g/mol. The number of likely N-dealkylation sites (tertiary alicyclic amines) is 1. The Bertz CT molecular complexity index is 775. The normalized spacial score (nSPS) is 15.4. The van der Waals surface area contributed by atoms with E-state index in [0.29, 0.717) is 18.7 Å². The second-order valence-corrected chi connectivity index (χ2v) is 6.63. The van der Waals surface area contributed by atoms with Crippen LogP contribution in [0.4, 0.5) is 0 Å². The van der Waals surface area contributed by atoms with Crippen molar-refractivity contribution in [3.05, 3.63) is 47.3 Å². The molecule has 1 saturated heterocycles. The van der Waals surface area contributed by atoms with Gasteiger partial charge in [0.05, 0.1) is 22.6 Å². The molecule has 6 heteroatoms. The van der Waals surface area contributed by atoms with Gasteiger partial charge in [-0.3, -0.25) is 9.59 Å². The quantitative estimate of drug-likeness (QED) is 0.928. The maximum atomic E-state index is 13.0. The molecular formula is C19H23N3O3. The molecule has 0 bridgehead atoms. The van der Waals surface area contributed by atoms with Crippen molar-refractivity contribution in [2.45, 2.75) is 33.1 Å². The molecular weight excluding hydrogens is 318 g/mol. The van der Waals surface area contributed by atoms with Crippen LogP contribution in [-0.4, -0.2) is 44.8 Å². The summed E-state index contributed by atoms with van der Waals surface area (Å²) in [6.45, 7) is 4.98. The number of rotatable bonds is 4. The van der Waals surface area contributed by atoms with Crippen LogP contribution in [0.25, 0.3) is 5.69 Å². The fourth-order valence-electron chi connectivity index (χ4n) is 3.52. The number of hydrogen-bond acceptors (Lipinski definition) is 3. The van der Waals surface area contributed by atoms with E-state index in [1.807, 2.05) is 49.1 Å². The summed E-state index contributed by atoms with van der Waals surface area (Å²) in [6, 6.07) is 9.76. The van der Waals surface area contributed by atoms with Crippen LogP contribution in [0.15, 0.2) is 30.3 Å². The highest BCUT2D eigenvalue weighted by atomic mass is 16.4. The molecule has 1 amide bonds. The van der Waals surface area contributed by atoms with Gasteiger partial charge in [-0.1, -0.05) is 18.2 Å². The zero-order valence-electron chi connectivity index (χ0n) is 14.6. The molecule has 0 radical (unpaired) electrons. The lowest BCUT2D eigenvalue weighted by Gasteiger charge is -2.31. The van der Waals surface area contributed by atoms with Crippen molar-refractivity contribution in [1.29, 1.82) is 0 Å². The molecule has 2 heterocycles. The first kappa shape index (κ1) is 17.2. The molecule has 132 valence electrons. The Hall–Kier alpha value is -2.63. The third kappa shape index (κ3) is 3.57. The highest BCUT2D eigenvalue weighted by molar-refractivity contribution is 5.96. The van der Waals surface area contributed by atoms with Gasteiger partial charge in [0.2, 0.25) is 0 Å². The zero-order valence-corrected chi connectivity index (χ0v) is 14.6. The molecule has 1 aromatic heterocycles. The maximum absolute atomic E-state index is 13.0. The number of carbonyl (C=O) groups excluding carboxylic acids is 1. The summed E-state index contributed by atoms with van der Waals surface area (Å²) in [5.74, 6) is -0.609. The number of aryl methyl sites for hydroxylation is 1. The Balaban J connectivity index is 1.78. The lowest BCUT2D eigenvalue weighted by atomic mass is 9.93. The van der Waals surface area contributed by atoms with Gasteiger partial charge in [0, 0.05) is 19.5 Å². The number of aliphatic carboxylic acids is 1. The lowest BCUT2D eigenvalue weighted by molar-refractivity contribution is -0.138. The van der Waals surface area contributed by atoms with Crippen molar-refractivity contribution in [1.82, 2.24) is 14.7 Å². The maximum Gasteiger partial charge on any atom is 0.303 e. The van der Waals surface area contributed by atoms with E-state index in [2.05, 4.69) is 5.10 Å². The average Bonchev–Trinajstić information content (AvgIpc) is 2.90. The van der Waals surface area contributed by atoms with Crippen LogP contribution in [0.2, 0.25) is 0 Å². The SMILES string of the molecule is Cc1nn(-c2ccccc2)c(C)c1C(=O)N1CCC(CC(=O)O)CC1. The fraction of sp³-hybridized carbons (Fsp3) is 0.421. The molecule has 3 rings (SSSR count). The van der Waals surface area contributed by atoms with E-state index < -0.39 is 5.97 Å². The molecule has 1 aromatic carbocycles. The predicted octanol–water partition coefficient (Wildman–Crippen LogP) is 2.82. The number of nitrogens with zero attached hydrogens (tertiary/aromatic N) is 3. The molecule has 2 aromatic rings. The molecule has 0 spiro atoms. The molecule has 0 aliphatic carbocycles. The van der Waals surface area contributed by atoms with E-state index in [0.717, 1.165) is 29.9 Å². The average molecular weight is 341 g/mol. The van der Waals surface area contributed by atoms with E-state index in [1.54, 1.807) is 4.68 Å². The largest absolute Gasteiger partial charge is 0.481 e. The summed E-state index contributed by atoms with van der Waals surface area (Å²) in [5.41, 5.74) is 3.14. The van der Waals surface area contributed by atoms with Crippen molar-refractivity contribution in [2.24, 2.45) is 5.92 Å². The van der Waals surface area contributed by atoms with Gasteiger partial charge < -0.3 is 10.0 Å². The van der Waals surface area contributed by atoms with Crippen LogP contribution >= 0.6 is 0 Å². The van der Waals surface area contributed by atoms with E-state index in [1.165, 1.54) is 0 Å². The van der Waals surface area contributed by atoms with Crippen LogP contribution in [0, 0.1) is 19.8 Å². The van der Waals surface area contributed by atoms with E-state index >= 15 is 0 Å². The number of piperidine rings is 1. The molecule has 1 aliphatic heterocycles. The number of carbonyl (C=O) groups is 2. The standard InChI is InChI=1S/C19H23N3O3/c1-13-18(14(2)22(20-13)16-6-4-3-5-7-16)19(25)21-10-8-15(9-11-21)12-17(23)24/h3-7,15H,8-12H2,1-2H3,(H,23,24). The van der Waals surface area contributed by atoms with Crippen LogP contribution in [-0.2, 0) is 4.79 Å². The molecule has 1 N–H and O–H groups in total. The van der Waals surface area contributed by atoms with Crippen molar-refractivity contribution in [3.8, 4) is 5.69 Å². The van der Waals surface area contributed by atoms with Gasteiger partial charge in [-0.25, -0.2) is 4.68 Å². The summed E-state index contributed by atoms with van der Waals surface area (Å²) in [5, 5.41) is 13.5. The third-order valence-electron chi connectivity index (χ3n) is 4.87. The molecule has 0 unspecified atom stereocenters. The first-order valence-electron chi connectivity index (χ1n) is 8.60. The molecule has 25 heavy (non-hydrogen) atoms.